The molecule has 3 rings (SSSR count). The summed E-state index contributed by atoms with van der Waals surface area (Å²) < 4.78 is 20.1. The van der Waals surface area contributed by atoms with Gasteiger partial charge in [0.25, 0.3) is 11.8 Å². The third-order valence-electron chi connectivity index (χ3n) is 2.55. The van der Waals surface area contributed by atoms with Gasteiger partial charge in [-0.2, -0.15) is 0 Å². The Hall–Kier alpha value is -2.70. The van der Waals surface area contributed by atoms with Gasteiger partial charge in [-0.15, -0.1) is 0 Å². The number of hydrogen-bond acceptors (Lipinski definition) is 6. The van der Waals surface area contributed by atoms with Gasteiger partial charge >= 0.3 is 0 Å². The maximum absolute atomic E-state index is 11.9. The van der Waals surface area contributed by atoms with Gasteiger partial charge in [-0.25, -0.2) is 0 Å². The summed E-state index contributed by atoms with van der Waals surface area (Å²) in [5.74, 6) is 1.13. The molecule has 19 heavy (non-hydrogen) atoms. The molecule has 1 aliphatic heterocycles. The van der Waals surface area contributed by atoms with E-state index < -0.39 is 5.91 Å². The van der Waals surface area contributed by atoms with Crippen molar-refractivity contribution in [2.75, 3.05) is 19.2 Å². The molecule has 2 heterocycles. The highest BCUT2D eigenvalue weighted by atomic mass is 16.7. The molecule has 0 saturated heterocycles. The fraction of sp³-hybridized carbons (Fsp3) is 0.167. The topological polar surface area (TPSA) is 82.8 Å². The van der Waals surface area contributed by atoms with Crippen molar-refractivity contribution >= 4 is 11.6 Å². The zero-order valence-corrected chi connectivity index (χ0v) is 10.0. The van der Waals surface area contributed by atoms with E-state index >= 15 is 0 Å². The van der Waals surface area contributed by atoms with Crippen molar-refractivity contribution in [3.05, 3.63) is 30.0 Å². The summed E-state index contributed by atoms with van der Waals surface area (Å²) in [4.78, 5) is 11.9. The first kappa shape index (κ1) is 11.4. The van der Waals surface area contributed by atoms with E-state index in [4.69, 9.17) is 18.7 Å². The number of aromatic nitrogens is 1. The number of rotatable bonds is 3. The van der Waals surface area contributed by atoms with E-state index in [1.807, 2.05) is 0 Å². The van der Waals surface area contributed by atoms with Crippen LogP contribution < -0.4 is 19.5 Å². The van der Waals surface area contributed by atoms with Crippen molar-refractivity contribution in [1.82, 2.24) is 5.16 Å². The van der Waals surface area contributed by atoms with E-state index in [1.54, 1.807) is 18.2 Å². The Morgan fingerprint density at radius 2 is 2.16 bits per heavy atom. The second-order valence-electron chi connectivity index (χ2n) is 3.76. The number of fused-ring (bicyclic) bond motifs is 1. The molecular weight excluding hydrogens is 252 g/mol. The first-order chi connectivity index (χ1) is 9.26. The first-order valence-corrected chi connectivity index (χ1v) is 5.48. The van der Waals surface area contributed by atoms with E-state index in [-0.39, 0.29) is 18.4 Å². The zero-order chi connectivity index (χ0) is 13.2. The molecule has 0 bridgehead atoms. The molecule has 1 amide bonds. The molecule has 0 aliphatic carbocycles. The Morgan fingerprint density at radius 1 is 1.32 bits per heavy atom. The van der Waals surface area contributed by atoms with Crippen LogP contribution in [0.2, 0.25) is 0 Å². The van der Waals surface area contributed by atoms with Crippen LogP contribution in [0.1, 0.15) is 10.6 Å². The number of methoxy groups -OCH3 is 1. The summed E-state index contributed by atoms with van der Waals surface area (Å²) >= 11 is 0. The lowest BCUT2D eigenvalue weighted by Crippen LogP contribution is -2.10. The van der Waals surface area contributed by atoms with Crippen LogP contribution in [0.15, 0.2) is 28.8 Å². The molecule has 0 radical (unpaired) electrons. The number of nitrogens with one attached hydrogen (secondary N) is 1. The standard InChI is InChI=1S/C12H10N2O5/c1-16-11-5-10(19-14-11)12(15)13-7-2-3-8-9(4-7)18-6-17-8/h2-5H,6H2,1H3,(H,13,15). The Morgan fingerprint density at radius 3 is 2.95 bits per heavy atom. The summed E-state index contributed by atoms with van der Waals surface area (Å²) in [6.07, 6.45) is 0. The average molecular weight is 262 g/mol. The normalized spacial score (nSPS) is 12.3. The molecule has 1 aromatic carbocycles. The number of carbonyl (C=O) groups excluding carboxylic acids is 1. The van der Waals surface area contributed by atoms with Crippen molar-refractivity contribution in [3.63, 3.8) is 0 Å². The van der Waals surface area contributed by atoms with Crippen LogP contribution in [0.5, 0.6) is 17.4 Å². The molecular formula is C12H10N2O5. The van der Waals surface area contributed by atoms with Gasteiger partial charge in [0.2, 0.25) is 12.6 Å². The van der Waals surface area contributed by atoms with Gasteiger partial charge in [0.15, 0.2) is 11.5 Å². The average Bonchev–Trinajstić information content (AvgIpc) is 3.06. The van der Waals surface area contributed by atoms with Gasteiger partial charge in [-0.05, 0) is 17.3 Å². The molecule has 0 fully saturated rings. The van der Waals surface area contributed by atoms with Crippen LogP contribution in [-0.4, -0.2) is 25.0 Å². The molecule has 0 spiro atoms. The van der Waals surface area contributed by atoms with E-state index in [9.17, 15) is 4.79 Å². The van der Waals surface area contributed by atoms with Crippen molar-refractivity contribution in [1.29, 1.82) is 0 Å². The summed E-state index contributed by atoms with van der Waals surface area (Å²) in [6, 6.07) is 6.51. The van der Waals surface area contributed by atoms with E-state index in [2.05, 4.69) is 10.5 Å². The fourth-order valence-electron chi connectivity index (χ4n) is 1.63. The number of anilines is 1. The molecule has 0 atom stereocenters. The highest BCUT2D eigenvalue weighted by molar-refractivity contribution is 6.02. The molecule has 7 nitrogen and oxygen atoms in total. The number of amides is 1. The Bertz CT molecular complexity index is 622. The van der Waals surface area contributed by atoms with Crippen LogP contribution in [-0.2, 0) is 0 Å². The number of nitrogens with zero attached hydrogens (tertiary/aromatic N) is 1. The quantitative estimate of drug-likeness (QED) is 0.905. The third-order valence-corrected chi connectivity index (χ3v) is 2.55. The Labute approximate surface area is 108 Å². The van der Waals surface area contributed by atoms with Gasteiger partial charge in [0.05, 0.1) is 13.2 Å². The predicted molar refractivity (Wildman–Crippen MR) is 63.6 cm³/mol. The molecule has 0 saturated carbocycles. The lowest BCUT2D eigenvalue weighted by molar-refractivity contribution is 0.0987. The summed E-state index contributed by atoms with van der Waals surface area (Å²) in [5, 5.41) is 6.21. The van der Waals surface area contributed by atoms with E-state index in [1.165, 1.54) is 13.2 Å². The molecule has 0 unspecified atom stereocenters. The number of hydrogen-bond donors (Lipinski definition) is 1. The lowest BCUT2D eigenvalue weighted by atomic mass is 10.2. The number of carbonyl (C=O) groups is 1. The second-order valence-corrected chi connectivity index (χ2v) is 3.76. The maximum Gasteiger partial charge on any atom is 0.294 e. The SMILES string of the molecule is COc1cc(C(=O)Nc2ccc3c(c2)OCO3)on1. The minimum absolute atomic E-state index is 0.0644. The minimum Gasteiger partial charge on any atom is -0.479 e. The molecule has 1 aliphatic rings. The first-order valence-electron chi connectivity index (χ1n) is 5.48. The maximum atomic E-state index is 11.9. The van der Waals surface area contributed by atoms with Crippen molar-refractivity contribution in [3.8, 4) is 17.4 Å². The summed E-state index contributed by atoms with van der Waals surface area (Å²) in [7, 11) is 1.44. The van der Waals surface area contributed by atoms with Gasteiger partial charge in [-0.3, -0.25) is 4.79 Å². The largest absolute Gasteiger partial charge is 0.479 e. The van der Waals surface area contributed by atoms with Crippen LogP contribution >= 0.6 is 0 Å². The van der Waals surface area contributed by atoms with Crippen LogP contribution in [0.25, 0.3) is 0 Å². The van der Waals surface area contributed by atoms with Gasteiger partial charge in [0.1, 0.15) is 0 Å². The molecule has 1 aromatic heterocycles. The number of ether oxygens (including phenoxy) is 3. The monoisotopic (exact) mass is 262 g/mol. The highest BCUT2D eigenvalue weighted by Gasteiger charge is 2.17. The van der Waals surface area contributed by atoms with Crippen LogP contribution in [0.4, 0.5) is 5.69 Å². The van der Waals surface area contributed by atoms with Crippen molar-refractivity contribution in [2.45, 2.75) is 0 Å². The molecule has 98 valence electrons. The second kappa shape index (κ2) is 4.52. The number of benzene rings is 1. The van der Waals surface area contributed by atoms with E-state index in [0.717, 1.165) is 0 Å². The minimum atomic E-state index is -0.422. The highest BCUT2D eigenvalue weighted by Crippen LogP contribution is 2.34. The van der Waals surface area contributed by atoms with Crippen LogP contribution in [0.3, 0.4) is 0 Å². The Kier molecular flexibility index (Phi) is 2.71. The third kappa shape index (κ3) is 2.17. The van der Waals surface area contributed by atoms with Crippen molar-refractivity contribution < 1.29 is 23.5 Å². The van der Waals surface area contributed by atoms with E-state index in [0.29, 0.717) is 17.2 Å². The Balaban J connectivity index is 1.75. The van der Waals surface area contributed by atoms with Gasteiger partial charge < -0.3 is 24.1 Å². The van der Waals surface area contributed by atoms with Gasteiger partial charge in [-0.1, -0.05) is 0 Å². The predicted octanol–water partition coefficient (Wildman–Crippen LogP) is 1.66. The molecule has 2 aromatic rings. The summed E-state index contributed by atoms with van der Waals surface area (Å²) in [6.45, 7) is 0.187. The van der Waals surface area contributed by atoms with Crippen molar-refractivity contribution in [2.24, 2.45) is 0 Å². The fourth-order valence-corrected chi connectivity index (χ4v) is 1.63. The molecule has 1 N–H and O–H groups in total. The summed E-state index contributed by atoms with van der Waals surface area (Å²) in [5.41, 5.74) is 0.574. The zero-order valence-electron chi connectivity index (χ0n) is 10.0. The smallest absolute Gasteiger partial charge is 0.294 e. The molecule has 7 heteroatoms. The van der Waals surface area contributed by atoms with Gasteiger partial charge in [0, 0.05) is 11.8 Å². The van der Waals surface area contributed by atoms with Crippen LogP contribution in [0, 0.1) is 0 Å². The lowest BCUT2D eigenvalue weighted by Gasteiger charge is -2.03.